The standard InChI is InChI=1S/C11H8ClF2NO/c12-10-5-9(13)8(6-15-10)1-2-11(14)3-4-16-7-11/h5-6H,3-4,7H2. The van der Waals surface area contributed by atoms with Crippen molar-refractivity contribution in [2.24, 2.45) is 0 Å². The highest BCUT2D eigenvalue weighted by Crippen LogP contribution is 2.22. The first-order valence-electron chi connectivity index (χ1n) is 4.70. The molecule has 0 spiro atoms. The van der Waals surface area contributed by atoms with Crippen molar-refractivity contribution in [3.05, 3.63) is 28.8 Å². The van der Waals surface area contributed by atoms with Crippen LogP contribution in [0, 0.1) is 17.7 Å². The lowest BCUT2D eigenvalue weighted by molar-refractivity contribution is 0.148. The first kappa shape index (κ1) is 11.3. The molecule has 2 nitrogen and oxygen atoms in total. The summed E-state index contributed by atoms with van der Waals surface area (Å²) in [6.45, 7) is 0.273. The molecular formula is C11H8ClF2NO. The second-order valence-corrected chi connectivity index (χ2v) is 3.89. The second kappa shape index (κ2) is 4.36. The lowest BCUT2D eigenvalue weighted by atomic mass is 10.1. The smallest absolute Gasteiger partial charge is 0.196 e. The van der Waals surface area contributed by atoms with Crippen LogP contribution in [0.2, 0.25) is 5.15 Å². The van der Waals surface area contributed by atoms with E-state index in [4.69, 9.17) is 16.3 Å². The SMILES string of the molecule is Fc1cc(Cl)ncc1C#CC1(F)CCOC1. The van der Waals surface area contributed by atoms with Gasteiger partial charge in [0.15, 0.2) is 5.67 Å². The molecule has 1 fully saturated rings. The Morgan fingerprint density at radius 1 is 1.56 bits per heavy atom. The molecule has 1 aliphatic heterocycles. The molecule has 1 saturated heterocycles. The molecule has 0 saturated carbocycles. The van der Waals surface area contributed by atoms with Gasteiger partial charge in [0.25, 0.3) is 0 Å². The summed E-state index contributed by atoms with van der Waals surface area (Å²) in [5.74, 6) is 4.19. The Kier molecular flexibility index (Phi) is 3.08. The topological polar surface area (TPSA) is 22.1 Å². The van der Waals surface area contributed by atoms with Gasteiger partial charge in [0.2, 0.25) is 0 Å². The molecule has 16 heavy (non-hydrogen) atoms. The van der Waals surface area contributed by atoms with E-state index in [1.165, 1.54) is 6.20 Å². The minimum absolute atomic E-state index is 0.0355. The second-order valence-electron chi connectivity index (χ2n) is 3.50. The largest absolute Gasteiger partial charge is 0.377 e. The van der Waals surface area contributed by atoms with Crippen LogP contribution in [0.4, 0.5) is 8.78 Å². The third kappa shape index (κ3) is 2.49. The summed E-state index contributed by atoms with van der Waals surface area (Å²) < 4.78 is 31.9. The minimum Gasteiger partial charge on any atom is -0.377 e. The van der Waals surface area contributed by atoms with Gasteiger partial charge in [-0.1, -0.05) is 23.4 Å². The van der Waals surface area contributed by atoms with Gasteiger partial charge < -0.3 is 4.74 Å². The Morgan fingerprint density at radius 2 is 2.38 bits per heavy atom. The summed E-state index contributed by atoms with van der Waals surface area (Å²) in [5.41, 5.74) is -1.64. The molecule has 84 valence electrons. The Labute approximate surface area is 96.6 Å². The van der Waals surface area contributed by atoms with Crippen molar-refractivity contribution in [2.45, 2.75) is 12.1 Å². The van der Waals surface area contributed by atoms with Crippen molar-refractivity contribution in [1.29, 1.82) is 0 Å². The van der Waals surface area contributed by atoms with Gasteiger partial charge in [-0.05, 0) is 0 Å². The van der Waals surface area contributed by atoms with Crippen molar-refractivity contribution >= 4 is 11.6 Å². The average molecular weight is 244 g/mol. The molecule has 1 aromatic heterocycles. The number of alkyl halides is 1. The van der Waals surface area contributed by atoms with Gasteiger partial charge >= 0.3 is 0 Å². The Balaban J connectivity index is 2.23. The first-order chi connectivity index (χ1) is 7.59. The quantitative estimate of drug-likeness (QED) is 0.516. The lowest BCUT2D eigenvalue weighted by Gasteiger charge is -2.06. The maximum absolute atomic E-state index is 13.7. The van der Waals surface area contributed by atoms with Crippen LogP contribution in [0.15, 0.2) is 12.3 Å². The van der Waals surface area contributed by atoms with Gasteiger partial charge in [0.05, 0.1) is 18.8 Å². The number of nitrogens with zero attached hydrogens (tertiary/aromatic N) is 1. The van der Waals surface area contributed by atoms with Crippen LogP contribution < -0.4 is 0 Å². The van der Waals surface area contributed by atoms with Crippen LogP contribution in [-0.4, -0.2) is 23.9 Å². The van der Waals surface area contributed by atoms with E-state index >= 15 is 0 Å². The van der Waals surface area contributed by atoms with Crippen molar-refractivity contribution in [2.75, 3.05) is 13.2 Å². The van der Waals surface area contributed by atoms with Crippen LogP contribution in [0.25, 0.3) is 0 Å². The highest BCUT2D eigenvalue weighted by Gasteiger charge is 2.32. The van der Waals surface area contributed by atoms with Crippen molar-refractivity contribution < 1.29 is 13.5 Å². The van der Waals surface area contributed by atoms with E-state index in [1.54, 1.807) is 0 Å². The summed E-state index contributed by atoms with van der Waals surface area (Å²) in [7, 11) is 0. The van der Waals surface area contributed by atoms with Crippen molar-refractivity contribution in [1.82, 2.24) is 4.98 Å². The molecular weight excluding hydrogens is 236 g/mol. The monoisotopic (exact) mass is 243 g/mol. The van der Waals surface area contributed by atoms with E-state index in [0.29, 0.717) is 6.61 Å². The molecule has 1 atom stereocenters. The van der Waals surface area contributed by atoms with Gasteiger partial charge in [-0.25, -0.2) is 13.8 Å². The van der Waals surface area contributed by atoms with Gasteiger partial charge in [-0.3, -0.25) is 0 Å². The zero-order chi connectivity index (χ0) is 11.6. The normalized spacial score (nSPS) is 23.9. The molecule has 0 aliphatic carbocycles. The molecule has 5 heteroatoms. The van der Waals surface area contributed by atoms with Crippen LogP contribution in [-0.2, 0) is 4.74 Å². The predicted molar refractivity (Wildman–Crippen MR) is 55.4 cm³/mol. The van der Waals surface area contributed by atoms with Crippen molar-refractivity contribution in [3.63, 3.8) is 0 Å². The molecule has 2 rings (SSSR count). The van der Waals surface area contributed by atoms with Crippen LogP contribution in [0.3, 0.4) is 0 Å². The summed E-state index contributed by atoms with van der Waals surface area (Å²) in [6.07, 6.45) is 1.40. The maximum Gasteiger partial charge on any atom is 0.196 e. The maximum atomic E-state index is 13.7. The van der Waals surface area contributed by atoms with Crippen LogP contribution >= 0.6 is 11.6 Å². The molecule has 1 aliphatic rings. The lowest BCUT2D eigenvalue weighted by Crippen LogP contribution is -2.19. The minimum atomic E-state index is -1.67. The highest BCUT2D eigenvalue weighted by atomic mass is 35.5. The van der Waals surface area contributed by atoms with E-state index in [1.807, 2.05) is 0 Å². The third-order valence-corrected chi connectivity index (χ3v) is 2.42. The van der Waals surface area contributed by atoms with E-state index in [0.717, 1.165) is 6.07 Å². The Bertz CT molecular complexity index is 461. The first-order valence-corrected chi connectivity index (χ1v) is 5.08. The van der Waals surface area contributed by atoms with E-state index < -0.39 is 11.5 Å². The number of hydrogen-bond acceptors (Lipinski definition) is 2. The number of hydrogen-bond donors (Lipinski definition) is 0. The zero-order valence-electron chi connectivity index (χ0n) is 8.27. The van der Waals surface area contributed by atoms with Gasteiger partial charge in [-0.15, -0.1) is 0 Å². The van der Waals surface area contributed by atoms with Crippen LogP contribution in [0.1, 0.15) is 12.0 Å². The van der Waals surface area contributed by atoms with E-state index in [-0.39, 0.29) is 23.7 Å². The molecule has 2 heterocycles. The van der Waals surface area contributed by atoms with E-state index in [2.05, 4.69) is 16.8 Å². The molecule has 0 N–H and O–H groups in total. The Morgan fingerprint density at radius 3 is 3.00 bits per heavy atom. The zero-order valence-corrected chi connectivity index (χ0v) is 9.02. The van der Waals surface area contributed by atoms with E-state index in [9.17, 15) is 8.78 Å². The summed E-state index contributed by atoms with van der Waals surface area (Å²) in [6, 6.07) is 1.04. The third-order valence-electron chi connectivity index (χ3n) is 2.21. The van der Waals surface area contributed by atoms with Crippen LogP contribution in [0.5, 0.6) is 0 Å². The fourth-order valence-electron chi connectivity index (χ4n) is 1.32. The molecule has 0 radical (unpaired) electrons. The number of aromatic nitrogens is 1. The van der Waals surface area contributed by atoms with Crippen molar-refractivity contribution in [3.8, 4) is 11.8 Å². The summed E-state index contributed by atoms with van der Waals surface area (Å²) in [5, 5.41) is 0.0437. The molecule has 1 unspecified atom stereocenters. The van der Waals surface area contributed by atoms with Gasteiger partial charge in [0, 0.05) is 18.7 Å². The Hall–Kier alpha value is -1.18. The fraction of sp³-hybridized carbons (Fsp3) is 0.364. The van der Waals surface area contributed by atoms with Gasteiger partial charge in [0.1, 0.15) is 11.0 Å². The van der Waals surface area contributed by atoms with Gasteiger partial charge in [-0.2, -0.15) is 0 Å². The predicted octanol–water partition coefficient (Wildman–Crippen LogP) is 2.35. The molecule has 0 aromatic carbocycles. The fourth-order valence-corrected chi connectivity index (χ4v) is 1.46. The number of pyridine rings is 1. The molecule has 0 amide bonds. The number of halogens is 3. The summed E-state index contributed by atoms with van der Waals surface area (Å²) >= 11 is 5.48. The molecule has 0 bridgehead atoms. The average Bonchev–Trinajstić information content (AvgIpc) is 2.64. The highest BCUT2D eigenvalue weighted by molar-refractivity contribution is 6.29. The number of ether oxygens (including phenoxy) is 1. The summed E-state index contributed by atoms with van der Waals surface area (Å²) in [4.78, 5) is 3.68. The number of rotatable bonds is 0. The molecule has 1 aromatic rings.